The first kappa shape index (κ1) is 18.1. The van der Waals surface area contributed by atoms with E-state index in [9.17, 15) is 4.79 Å². The molecule has 0 atom stereocenters. The first-order valence-corrected chi connectivity index (χ1v) is 8.87. The van der Waals surface area contributed by atoms with Crippen molar-refractivity contribution in [1.82, 2.24) is 20.1 Å². The van der Waals surface area contributed by atoms with E-state index in [-0.39, 0.29) is 11.8 Å². The largest absolute Gasteiger partial charge is 0.348 e. The number of carbonyl (C=O) groups excluding carboxylic acids is 1. The van der Waals surface area contributed by atoms with Crippen molar-refractivity contribution in [2.24, 2.45) is 0 Å². The summed E-state index contributed by atoms with van der Waals surface area (Å²) in [6, 6.07) is 11.2. The van der Waals surface area contributed by atoms with Gasteiger partial charge in [-0.05, 0) is 48.7 Å². The van der Waals surface area contributed by atoms with E-state index in [1.807, 2.05) is 48.0 Å². The molecule has 0 unspecified atom stereocenters. The zero-order chi connectivity index (χ0) is 18.7. The van der Waals surface area contributed by atoms with E-state index in [0.29, 0.717) is 22.8 Å². The Labute approximate surface area is 158 Å². The molecule has 0 saturated heterocycles. The van der Waals surface area contributed by atoms with Crippen molar-refractivity contribution in [3.05, 3.63) is 76.3 Å². The molecule has 2 heterocycles. The molecular formula is C20H21ClN4O. The molecule has 0 aliphatic heterocycles. The molecule has 1 amide bonds. The van der Waals surface area contributed by atoms with Crippen molar-refractivity contribution in [2.75, 3.05) is 0 Å². The van der Waals surface area contributed by atoms with Crippen LogP contribution in [0, 0.1) is 6.92 Å². The highest BCUT2D eigenvalue weighted by Crippen LogP contribution is 2.27. The number of rotatable bonds is 5. The fourth-order valence-electron chi connectivity index (χ4n) is 2.94. The number of halogens is 1. The van der Waals surface area contributed by atoms with Crippen LogP contribution < -0.4 is 5.32 Å². The SMILES string of the molecule is Cc1nn(-c2cccc(Cl)c2)c(C(C)C)c1C(=O)NCc1ccncc1. The van der Waals surface area contributed by atoms with Crippen LogP contribution in [0.3, 0.4) is 0 Å². The smallest absolute Gasteiger partial charge is 0.255 e. The second-order valence-corrected chi connectivity index (χ2v) is 6.87. The molecule has 26 heavy (non-hydrogen) atoms. The Balaban J connectivity index is 1.95. The number of aromatic nitrogens is 3. The molecular weight excluding hydrogens is 348 g/mol. The lowest BCUT2D eigenvalue weighted by Gasteiger charge is -2.13. The minimum atomic E-state index is -0.128. The van der Waals surface area contributed by atoms with Gasteiger partial charge in [0.1, 0.15) is 0 Å². The van der Waals surface area contributed by atoms with Crippen LogP contribution in [0.2, 0.25) is 5.02 Å². The Morgan fingerprint density at radius 3 is 2.62 bits per heavy atom. The van der Waals surface area contributed by atoms with Crippen molar-refractivity contribution < 1.29 is 4.79 Å². The molecule has 0 radical (unpaired) electrons. The van der Waals surface area contributed by atoms with E-state index in [1.165, 1.54) is 0 Å². The summed E-state index contributed by atoms with van der Waals surface area (Å²) >= 11 is 6.13. The number of nitrogens with one attached hydrogen (secondary N) is 1. The van der Waals surface area contributed by atoms with Crippen molar-refractivity contribution >= 4 is 17.5 Å². The Bertz CT molecular complexity index is 919. The van der Waals surface area contributed by atoms with Crippen LogP contribution in [-0.4, -0.2) is 20.7 Å². The summed E-state index contributed by atoms with van der Waals surface area (Å²) < 4.78 is 1.81. The first-order chi connectivity index (χ1) is 12.5. The molecule has 134 valence electrons. The normalized spacial score (nSPS) is 11.0. The van der Waals surface area contributed by atoms with Crippen LogP contribution >= 0.6 is 11.6 Å². The number of pyridine rings is 1. The maximum absolute atomic E-state index is 12.9. The van der Waals surface area contributed by atoms with Gasteiger partial charge in [-0.3, -0.25) is 9.78 Å². The Morgan fingerprint density at radius 1 is 1.23 bits per heavy atom. The second-order valence-electron chi connectivity index (χ2n) is 6.43. The number of hydrogen-bond donors (Lipinski definition) is 1. The third kappa shape index (κ3) is 3.78. The van der Waals surface area contributed by atoms with E-state index in [4.69, 9.17) is 11.6 Å². The molecule has 0 bridgehead atoms. The quantitative estimate of drug-likeness (QED) is 0.731. The van der Waals surface area contributed by atoms with Gasteiger partial charge in [-0.25, -0.2) is 4.68 Å². The van der Waals surface area contributed by atoms with Gasteiger partial charge in [0.15, 0.2) is 0 Å². The zero-order valence-electron chi connectivity index (χ0n) is 15.0. The maximum atomic E-state index is 12.9. The number of hydrogen-bond acceptors (Lipinski definition) is 3. The third-order valence-corrected chi connectivity index (χ3v) is 4.36. The van der Waals surface area contributed by atoms with Crippen LogP contribution in [0.15, 0.2) is 48.8 Å². The van der Waals surface area contributed by atoms with Gasteiger partial charge in [-0.15, -0.1) is 0 Å². The van der Waals surface area contributed by atoms with Crippen molar-refractivity contribution in [1.29, 1.82) is 0 Å². The summed E-state index contributed by atoms with van der Waals surface area (Å²) in [5.41, 5.74) is 4.03. The minimum absolute atomic E-state index is 0.122. The van der Waals surface area contributed by atoms with E-state index in [1.54, 1.807) is 12.4 Å². The summed E-state index contributed by atoms with van der Waals surface area (Å²) in [6.45, 7) is 6.41. The van der Waals surface area contributed by atoms with Gasteiger partial charge >= 0.3 is 0 Å². The monoisotopic (exact) mass is 368 g/mol. The molecule has 3 aromatic rings. The van der Waals surface area contributed by atoms with E-state index in [0.717, 1.165) is 16.9 Å². The van der Waals surface area contributed by atoms with E-state index < -0.39 is 0 Å². The molecule has 3 rings (SSSR count). The fourth-order valence-corrected chi connectivity index (χ4v) is 3.12. The molecule has 1 N–H and O–H groups in total. The highest BCUT2D eigenvalue weighted by Gasteiger charge is 2.24. The van der Waals surface area contributed by atoms with E-state index >= 15 is 0 Å². The summed E-state index contributed by atoms with van der Waals surface area (Å²) in [7, 11) is 0. The topological polar surface area (TPSA) is 59.8 Å². The molecule has 6 heteroatoms. The number of benzene rings is 1. The number of nitrogens with zero attached hydrogens (tertiary/aromatic N) is 3. The molecule has 0 aliphatic carbocycles. The zero-order valence-corrected chi connectivity index (χ0v) is 15.8. The van der Waals surface area contributed by atoms with Gasteiger partial charge in [0.2, 0.25) is 0 Å². The van der Waals surface area contributed by atoms with Crippen LogP contribution in [0.4, 0.5) is 0 Å². The summed E-state index contributed by atoms with van der Waals surface area (Å²) in [6.07, 6.45) is 3.42. The predicted molar refractivity (Wildman–Crippen MR) is 103 cm³/mol. The minimum Gasteiger partial charge on any atom is -0.348 e. The lowest BCUT2D eigenvalue weighted by Crippen LogP contribution is -2.24. The summed E-state index contributed by atoms with van der Waals surface area (Å²) in [5, 5.41) is 8.22. The van der Waals surface area contributed by atoms with Gasteiger partial charge in [0.25, 0.3) is 5.91 Å². The van der Waals surface area contributed by atoms with Gasteiger partial charge in [0.05, 0.1) is 22.6 Å². The maximum Gasteiger partial charge on any atom is 0.255 e. The Kier molecular flexibility index (Phi) is 5.38. The van der Waals surface area contributed by atoms with Crippen LogP contribution in [0.25, 0.3) is 5.69 Å². The Hall–Kier alpha value is -2.66. The van der Waals surface area contributed by atoms with Crippen LogP contribution in [-0.2, 0) is 6.54 Å². The molecule has 0 saturated carbocycles. The van der Waals surface area contributed by atoms with Gasteiger partial charge in [-0.2, -0.15) is 5.10 Å². The summed E-state index contributed by atoms with van der Waals surface area (Å²) in [5.74, 6) is -0.00635. The summed E-state index contributed by atoms with van der Waals surface area (Å²) in [4.78, 5) is 16.9. The average Bonchev–Trinajstić information content (AvgIpc) is 2.98. The molecule has 5 nitrogen and oxygen atoms in total. The average molecular weight is 369 g/mol. The predicted octanol–water partition coefficient (Wildman–Crippen LogP) is 4.28. The van der Waals surface area contributed by atoms with Crippen molar-refractivity contribution in [3.63, 3.8) is 0 Å². The highest BCUT2D eigenvalue weighted by atomic mass is 35.5. The molecule has 2 aromatic heterocycles. The van der Waals surface area contributed by atoms with E-state index in [2.05, 4.69) is 29.2 Å². The number of carbonyl (C=O) groups is 1. The van der Waals surface area contributed by atoms with Gasteiger partial charge < -0.3 is 5.32 Å². The van der Waals surface area contributed by atoms with Crippen LogP contribution in [0.5, 0.6) is 0 Å². The standard InChI is InChI=1S/C20H21ClN4O/c1-13(2)19-18(20(26)23-12-15-7-9-22-10-8-15)14(3)24-25(19)17-6-4-5-16(21)11-17/h4-11,13H,12H2,1-3H3,(H,23,26). The van der Waals surface area contributed by atoms with Crippen molar-refractivity contribution in [2.45, 2.75) is 33.2 Å². The second kappa shape index (κ2) is 7.70. The van der Waals surface area contributed by atoms with Gasteiger partial charge in [0, 0.05) is 24.0 Å². The highest BCUT2D eigenvalue weighted by molar-refractivity contribution is 6.30. The lowest BCUT2D eigenvalue weighted by molar-refractivity contribution is 0.0949. The third-order valence-electron chi connectivity index (χ3n) is 4.13. The molecule has 0 spiro atoms. The van der Waals surface area contributed by atoms with Gasteiger partial charge in [-0.1, -0.05) is 31.5 Å². The molecule has 1 aromatic carbocycles. The molecule has 0 aliphatic rings. The van der Waals surface area contributed by atoms with Crippen molar-refractivity contribution in [3.8, 4) is 5.69 Å². The molecule has 0 fully saturated rings. The first-order valence-electron chi connectivity index (χ1n) is 8.50. The lowest BCUT2D eigenvalue weighted by atomic mass is 10.0. The fraction of sp³-hybridized carbons (Fsp3) is 0.250. The number of aryl methyl sites for hydroxylation is 1. The number of amides is 1. The van der Waals surface area contributed by atoms with Crippen LogP contribution in [0.1, 0.15) is 47.1 Å². The Morgan fingerprint density at radius 2 is 1.96 bits per heavy atom.